The van der Waals surface area contributed by atoms with Crippen LogP contribution in [0.15, 0.2) is 0 Å². The van der Waals surface area contributed by atoms with E-state index in [0.29, 0.717) is 0 Å². The normalized spacial score (nSPS) is 0. The maximum atomic E-state index is 0. The molecular weight excluding hydrogens is 356 g/mol. The molecule has 0 aromatic rings. The molecule has 0 bridgehead atoms. The summed E-state index contributed by atoms with van der Waals surface area (Å²) in [5, 5.41) is 0. The van der Waals surface area contributed by atoms with Gasteiger partial charge in [-0.05, 0) is 0 Å². The molecule has 0 aliphatic rings. The molecule has 0 unspecified atom stereocenters. The molecular formula is O3PbRu. The van der Waals surface area contributed by atoms with E-state index in [4.69, 9.17) is 0 Å². The van der Waals surface area contributed by atoms with E-state index in [0.717, 1.165) is 0 Å². The third-order valence-corrected chi connectivity index (χ3v) is 0. The fraction of sp³-hybridized carbons (Fsp3) is 0. The maximum absolute atomic E-state index is 0. The van der Waals surface area contributed by atoms with E-state index in [9.17, 15) is 0 Å². The predicted octanol–water partition coefficient (Wildman–Crippen LogP) is -0.740. The smallest absolute Gasteiger partial charge is 2.00 e. The topological polar surface area (TPSA) is 85.5 Å². The molecule has 0 rings (SSSR count). The van der Waals surface area contributed by atoms with Gasteiger partial charge in [-0.3, -0.25) is 0 Å². The monoisotopic (exact) mass is 358 g/mol. The summed E-state index contributed by atoms with van der Waals surface area (Å²) in [5.41, 5.74) is 0. The molecule has 0 aromatic carbocycles. The van der Waals surface area contributed by atoms with Gasteiger partial charge in [-0.15, -0.1) is 0 Å². The summed E-state index contributed by atoms with van der Waals surface area (Å²) >= 11 is 0. The molecule has 2 radical (unpaired) electrons. The van der Waals surface area contributed by atoms with E-state index in [1.54, 1.807) is 0 Å². The molecule has 0 saturated heterocycles. The summed E-state index contributed by atoms with van der Waals surface area (Å²) in [6.07, 6.45) is 0. The third kappa shape index (κ3) is 31.3. The van der Waals surface area contributed by atoms with Gasteiger partial charge in [0.15, 0.2) is 0 Å². The fourth-order valence-electron chi connectivity index (χ4n) is 0. The standard InChI is InChI=1S/3O.Pb.Ru/q3*-2;+2;+4. The Labute approximate surface area is 63.0 Å². The van der Waals surface area contributed by atoms with Gasteiger partial charge in [0.25, 0.3) is 0 Å². The first kappa shape index (κ1) is 93.1. The summed E-state index contributed by atoms with van der Waals surface area (Å²) in [6, 6.07) is 0. The largest absolute Gasteiger partial charge is 4.00 e. The molecule has 0 atom stereocenters. The van der Waals surface area contributed by atoms with Crippen LogP contribution in [0.1, 0.15) is 0 Å². The Hall–Kier alpha value is 1.43. The van der Waals surface area contributed by atoms with Crippen LogP contribution < -0.4 is 0 Å². The molecule has 0 N–H and O–H groups in total. The van der Waals surface area contributed by atoms with Crippen LogP contribution >= 0.6 is 0 Å². The molecule has 30 valence electrons. The summed E-state index contributed by atoms with van der Waals surface area (Å²) in [7, 11) is 0. The van der Waals surface area contributed by atoms with Crippen LogP contribution in [0, 0.1) is 0 Å². The zero-order valence-corrected chi connectivity index (χ0v) is 7.70. The molecule has 0 aliphatic heterocycles. The van der Waals surface area contributed by atoms with Gasteiger partial charge in [0, 0.05) is 0 Å². The second-order valence-corrected chi connectivity index (χ2v) is 0. The van der Waals surface area contributed by atoms with Crippen molar-refractivity contribution in [3.8, 4) is 0 Å². The quantitative estimate of drug-likeness (QED) is 0.512. The van der Waals surface area contributed by atoms with Gasteiger partial charge in [0.1, 0.15) is 0 Å². The second-order valence-electron chi connectivity index (χ2n) is 0. The number of rotatable bonds is 0. The molecule has 5 heteroatoms. The van der Waals surface area contributed by atoms with Crippen molar-refractivity contribution >= 4 is 27.3 Å². The molecule has 0 saturated carbocycles. The van der Waals surface area contributed by atoms with Crippen molar-refractivity contribution in [1.29, 1.82) is 0 Å². The Morgan fingerprint density at radius 1 is 0.600 bits per heavy atom. The van der Waals surface area contributed by atoms with E-state index in [1.807, 2.05) is 0 Å². The first-order chi connectivity index (χ1) is 0. The van der Waals surface area contributed by atoms with Gasteiger partial charge in [-0.2, -0.15) is 0 Å². The van der Waals surface area contributed by atoms with Crippen molar-refractivity contribution in [2.24, 2.45) is 0 Å². The zero-order chi connectivity index (χ0) is 0. The summed E-state index contributed by atoms with van der Waals surface area (Å²) in [5.74, 6) is 0. The minimum Gasteiger partial charge on any atom is -2.00 e. The van der Waals surface area contributed by atoms with Crippen molar-refractivity contribution in [3.63, 3.8) is 0 Å². The number of hydrogen-bond donors (Lipinski definition) is 0. The van der Waals surface area contributed by atoms with Crippen molar-refractivity contribution in [2.75, 3.05) is 0 Å². The average molecular weight is 356 g/mol. The van der Waals surface area contributed by atoms with Crippen LogP contribution in [0.4, 0.5) is 0 Å². The van der Waals surface area contributed by atoms with Crippen LogP contribution in [-0.2, 0) is 35.9 Å². The zero-order valence-electron chi connectivity index (χ0n) is 2.08. The molecule has 0 fully saturated rings. The van der Waals surface area contributed by atoms with Crippen molar-refractivity contribution in [3.05, 3.63) is 0 Å². The van der Waals surface area contributed by atoms with Gasteiger partial charge in [-0.1, -0.05) is 0 Å². The van der Waals surface area contributed by atoms with Crippen LogP contribution in [0.3, 0.4) is 0 Å². The van der Waals surface area contributed by atoms with Crippen molar-refractivity contribution in [2.45, 2.75) is 0 Å². The van der Waals surface area contributed by atoms with Gasteiger partial charge in [0.05, 0.1) is 0 Å². The van der Waals surface area contributed by atoms with E-state index >= 15 is 0 Å². The molecule has 3 nitrogen and oxygen atoms in total. The second kappa shape index (κ2) is 52.3. The Morgan fingerprint density at radius 3 is 0.600 bits per heavy atom. The van der Waals surface area contributed by atoms with Gasteiger partial charge in [-0.25, -0.2) is 0 Å². The Kier molecular flexibility index (Phi) is 974. The Bertz CT molecular complexity index is 6.85. The summed E-state index contributed by atoms with van der Waals surface area (Å²) < 4.78 is 0. The molecule has 0 spiro atoms. The van der Waals surface area contributed by atoms with Crippen molar-refractivity contribution in [1.82, 2.24) is 0 Å². The first-order valence-corrected chi connectivity index (χ1v) is 0. The molecule has 0 aliphatic carbocycles. The predicted molar refractivity (Wildman–Crippen MR) is 7.81 cm³/mol. The van der Waals surface area contributed by atoms with Crippen molar-refractivity contribution < 1.29 is 35.9 Å². The van der Waals surface area contributed by atoms with E-state index in [1.165, 1.54) is 0 Å². The van der Waals surface area contributed by atoms with Crippen LogP contribution in [0.25, 0.3) is 0 Å². The minimum absolute atomic E-state index is 0. The van der Waals surface area contributed by atoms with E-state index in [2.05, 4.69) is 0 Å². The molecule has 0 heterocycles. The summed E-state index contributed by atoms with van der Waals surface area (Å²) in [4.78, 5) is 0. The van der Waals surface area contributed by atoms with Crippen LogP contribution in [0.5, 0.6) is 0 Å². The van der Waals surface area contributed by atoms with E-state index < -0.39 is 0 Å². The first-order valence-electron chi connectivity index (χ1n) is 0. The Morgan fingerprint density at radius 2 is 0.600 bits per heavy atom. The molecule has 0 aromatic heterocycles. The summed E-state index contributed by atoms with van der Waals surface area (Å²) in [6.45, 7) is 0. The average Bonchev–Trinajstić information content (AvgIpc) is 0. The van der Waals surface area contributed by atoms with Gasteiger partial charge in [0.2, 0.25) is 0 Å². The van der Waals surface area contributed by atoms with E-state index in [-0.39, 0.29) is 63.2 Å². The Balaban J connectivity index is 0. The molecule has 5 heavy (non-hydrogen) atoms. The van der Waals surface area contributed by atoms with Crippen LogP contribution in [-0.4, -0.2) is 27.3 Å². The molecule has 0 amide bonds. The maximum Gasteiger partial charge on any atom is 4.00 e. The minimum atomic E-state index is 0. The van der Waals surface area contributed by atoms with Gasteiger partial charge < -0.3 is 16.4 Å². The third-order valence-electron chi connectivity index (χ3n) is 0. The fourth-order valence-corrected chi connectivity index (χ4v) is 0. The SMILES string of the molecule is [O-2].[O-2].[O-2].[Pb+2].[Ru+4]. The van der Waals surface area contributed by atoms with Gasteiger partial charge >= 0.3 is 46.8 Å². The van der Waals surface area contributed by atoms with Crippen LogP contribution in [0.2, 0.25) is 0 Å². The number of hydrogen-bond acceptors (Lipinski definition) is 0.